The highest BCUT2D eigenvalue weighted by Gasteiger charge is 2.26. The molecule has 5 nitrogen and oxygen atoms in total. The van der Waals surface area contributed by atoms with Crippen molar-refractivity contribution in [2.75, 3.05) is 0 Å². The Morgan fingerprint density at radius 2 is 2.40 bits per heavy atom. The third-order valence-electron chi connectivity index (χ3n) is 2.53. The van der Waals surface area contributed by atoms with Gasteiger partial charge in [0.05, 0.1) is 11.0 Å². The van der Waals surface area contributed by atoms with Crippen LogP contribution in [0.5, 0.6) is 0 Å². The summed E-state index contributed by atoms with van der Waals surface area (Å²) < 4.78 is 0. The van der Waals surface area contributed by atoms with Crippen LogP contribution in [0, 0.1) is 10.1 Å². The molecule has 0 aliphatic heterocycles. The van der Waals surface area contributed by atoms with Crippen LogP contribution in [0.3, 0.4) is 0 Å². The molecule has 0 bridgehead atoms. The first-order chi connectivity index (χ1) is 7.15. The minimum atomic E-state index is -0.374. The maximum Gasteiger partial charge on any atom is 0.324 e. The Labute approximate surface area is 90.9 Å². The van der Waals surface area contributed by atoms with Crippen LogP contribution in [-0.2, 0) is 6.54 Å². The van der Waals surface area contributed by atoms with Gasteiger partial charge in [-0.15, -0.1) is 0 Å². The Balaban J connectivity index is 1.81. The summed E-state index contributed by atoms with van der Waals surface area (Å²) in [6.07, 6.45) is 1.40. The second kappa shape index (κ2) is 4.26. The van der Waals surface area contributed by atoms with Crippen LogP contribution in [0.15, 0.2) is 11.4 Å². The molecule has 15 heavy (non-hydrogen) atoms. The SMILES string of the molecule is O=[N+]([O-])c1cc(CNC2CC(O)C2)cs1. The predicted molar refractivity (Wildman–Crippen MR) is 56.8 cm³/mol. The highest BCUT2D eigenvalue weighted by atomic mass is 32.1. The number of nitro groups is 1. The third kappa shape index (κ3) is 2.53. The molecule has 0 radical (unpaired) electrons. The Hall–Kier alpha value is -0.980. The number of rotatable bonds is 4. The lowest BCUT2D eigenvalue weighted by Crippen LogP contribution is -2.43. The van der Waals surface area contributed by atoms with Gasteiger partial charge in [0.2, 0.25) is 0 Å². The van der Waals surface area contributed by atoms with Gasteiger partial charge in [-0.2, -0.15) is 0 Å². The highest BCUT2D eigenvalue weighted by Crippen LogP contribution is 2.24. The van der Waals surface area contributed by atoms with E-state index in [1.807, 2.05) is 0 Å². The lowest BCUT2D eigenvalue weighted by atomic mass is 9.89. The summed E-state index contributed by atoms with van der Waals surface area (Å²) in [5.74, 6) is 0. The summed E-state index contributed by atoms with van der Waals surface area (Å²) in [6.45, 7) is 0.641. The van der Waals surface area contributed by atoms with Gasteiger partial charge in [0.1, 0.15) is 0 Å². The van der Waals surface area contributed by atoms with E-state index in [1.165, 1.54) is 0 Å². The number of nitrogens with zero attached hydrogens (tertiary/aromatic N) is 1. The van der Waals surface area contributed by atoms with Gasteiger partial charge in [-0.3, -0.25) is 10.1 Å². The largest absolute Gasteiger partial charge is 0.393 e. The minimum absolute atomic E-state index is 0.167. The quantitative estimate of drug-likeness (QED) is 0.601. The van der Waals surface area contributed by atoms with Gasteiger partial charge in [-0.25, -0.2) is 0 Å². The van der Waals surface area contributed by atoms with E-state index in [1.54, 1.807) is 11.4 Å². The van der Waals surface area contributed by atoms with Crippen LogP contribution in [0.25, 0.3) is 0 Å². The Morgan fingerprint density at radius 1 is 1.67 bits per heavy atom. The molecule has 0 aromatic carbocycles. The van der Waals surface area contributed by atoms with Crippen LogP contribution in [0.1, 0.15) is 18.4 Å². The number of hydrogen-bond acceptors (Lipinski definition) is 5. The summed E-state index contributed by atoms with van der Waals surface area (Å²) >= 11 is 1.15. The third-order valence-corrected chi connectivity index (χ3v) is 3.46. The maximum atomic E-state index is 10.4. The molecular formula is C9H12N2O3S. The van der Waals surface area contributed by atoms with E-state index < -0.39 is 0 Å². The van der Waals surface area contributed by atoms with Crippen molar-refractivity contribution in [1.82, 2.24) is 5.32 Å². The Morgan fingerprint density at radius 3 is 2.93 bits per heavy atom. The first-order valence-corrected chi connectivity index (χ1v) is 5.66. The monoisotopic (exact) mass is 228 g/mol. The smallest absolute Gasteiger partial charge is 0.324 e. The Bertz CT molecular complexity index is 360. The van der Waals surface area contributed by atoms with Crippen molar-refractivity contribution >= 4 is 16.3 Å². The molecule has 2 N–H and O–H groups in total. The van der Waals surface area contributed by atoms with Crippen molar-refractivity contribution in [3.63, 3.8) is 0 Å². The number of aliphatic hydroxyl groups excluding tert-OH is 1. The summed E-state index contributed by atoms with van der Waals surface area (Å²) in [7, 11) is 0. The zero-order chi connectivity index (χ0) is 10.8. The number of hydrogen-bond donors (Lipinski definition) is 2. The molecule has 0 saturated heterocycles. The normalized spacial score (nSPS) is 24.9. The molecule has 0 amide bonds. The van der Waals surface area contributed by atoms with Crippen molar-refractivity contribution in [3.8, 4) is 0 Å². The Kier molecular flexibility index (Phi) is 2.99. The molecule has 1 aromatic heterocycles. The second-order valence-electron chi connectivity index (χ2n) is 3.75. The molecule has 6 heteroatoms. The summed E-state index contributed by atoms with van der Waals surface area (Å²) in [6, 6.07) is 1.95. The first-order valence-electron chi connectivity index (χ1n) is 4.78. The van der Waals surface area contributed by atoms with Crippen molar-refractivity contribution in [1.29, 1.82) is 0 Å². The maximum absolute atomic E-state index is 10.4. The van der Waals surface area contributed by atoms with Crippen molar-refractivity contribution < 1.29 is 10.0 Å². The van der Waals surface area contributed by atoms with Crippen LogP contribution in [0.2, 0.25) is 0 Å². The topological polar surface area (TPSA) is 75.4 Å². The molecule has 1 aliphatic rings. The van der Waals surface area contributed by atoms with Crippen molar-refractivity contribution in [2.45, 2.75) is 31.5 Å². The van der Waals surface area contributed by atoms with Crippen LogP contribution < -0.4 is 5.32 Å². The lowest BCUT2D eigenvalue weighted by Gasteiger charge is -2.32. The fourth-order valence-corrected chi connectivity index (χ4v) is 2.30. The van der Waals surface area contributed by atoms with E-state index in [-0.39, 0.29) is 16.0 Å². The molecule has 0 unspecified atom stereocenters. The van der Waals surface area contributed by atoms with Crippen LogP contribution in [0.4, 0.5) is 5.00 Å². The van der Waals surface area contributed by atoms with E-state index >= 15 is 0 Å². The second-order valence-corrected chi connectivity index (χ2v) is 4.64. The molecular weight excluding hydrogens is 216 g/mol. The predicted octanol–water partition coefficient (Wildman–Crippen LogP) is 1.27. The molecule has 82 valence electrons. The number of thiophene rings is 1. The molecule has 0 spiro atoms. The lowest BCUT2D eigenvalue weighted by molar-refractivity contribution is -0.380. The highest BCUT2D eigenvalue weighted by molar-refractivity contribution is 7.13. The zero-order valence-corrected chi connectivity index (χ0v) is 8.87. The van der Waals surface area contributed by atoms with E-state index in [4.69, 9.17) is 5.11 Å². The van der Waals surface area contributed by atoms with E-state index in [2.05, 4.69) is 5.32 Å². The zero-order valence-electron chi connectivity index (χ0n) is 8.05. The number of aliphatic hydroxyl groups is 1. The van der Waals surface area contributed by atoms with Gasteiger partial charge in [0, 0.05) is 24.0 Å². The van der Waals surface area contributed by atoms with Gasteiger partial charge in [-0.05, 0) is 18.4 Å². The summed E-state index contributed by atoms with van der Waals surface area (Å²) in [4.78, 5) is 10.1. The molecule has 0 atom stereocenters. The van der Waals surface area contributed by atoms with Gasteiger partial charge in [0.15, 0.2) is 0 Å². The molecule has 1 fully saturated rings. The van der Waals surface area contributed by atoms with Crippen LogP contribution >= 0.6 is 11.3 Å². The van der Waals surface area contributed by atoms with Gasteiger partial charge < -0.3 is 10.4 Å². The molecule has 2 rings (SSSR count). The average Bonchev–Trinajstić information content (AvgIpc) is 2.59. The average molecular weight is 228 g/mol. The molecule has 1 aliphatic carbocycles. The molecule has 1 aromatic rings. The van der Waals surface area contributed by atoms with Gasteiger partial charge in [-0.1, -0.05) is 11.3 Å². The fraction of sp³-hybridized carbons (Fsp3) is 0.556. The van der Waals surface area contributed by atoms with E-state index in [9.17, 15) is 10.1 Å². The first kappa shape index (κ1) is 10.5. The number of nitrogens with one attached hydrogen (secondary N) is 1. The standard InChI is InChI=1S/C9H12N2O3S/c12-8-2-7(3-8)10-4-6-1-9(11(13)14)15-5-6/h1,5,7-8,10,12H,2-4H2. The molecule has 1 saturated carbocycles. The molecule has 1 heterocycles. The summed E-state index contributed by atoms with van der Waals surface area (Å²) in [5, 5.41) is 24.7. The van der Waals surface area contributed by atoms with Crippen LogP contribution in [-0.4, -0.2) is 22.2 Å². The summed E-state index contributed by atoms with van der Waals surface area (Å²) in [5.41, 5.74) is 0.938. The van der Waals surface area contributed by atoms with Crippen molar-refractivity contribution in [3.05, 3.63) is 27.1 Å². The van der Waals surface area contributed by atoms with Crippen molar-refractivity contribution in [2.24, 2.45) is 0 Å². The van der Waals surface area contributed by atoms with Gasteiger partial charge >= 0.3 is 5.00 Å². The van der Waals surface area contributed by atoms with Gasteiger partial charge in [0.25, 0.3) is 0 Å². The van der Waals surface area contributed by atoms with E-state index in [0.29, 0.717) is 12.6 Å². The fourth-order valence-electron chi connectivity index (χ4n) is 1.57. The van der Waals surface area contributed by atoms with E-state index in [0.717, 1.165) is 29.7 Å². The minimum Gasteiger partial charge on any atom is -0.393 e.